The summed E-state index contributed by atoms with van der Waals surface area (Å²) in [7, 11) is 0. The van der Waals surface area contributed by atoms with E-state index in [1.54, 1.807) is 0 Å². The standard InChI is InChI=1S/C12H21NO2/c1-4-13-7-11-5-6-12(15-11)9-14-8-10(2)3/h5-6,10,13H,4,7-9H2,1-3H3. The van der Waals surface area contributed by atoms with Gasteiger partial charge in [-0.05, 0) is 24.6 Å². The minimum absolute atomic E-state index is 0.571. The second kappa shape index (κ2) is 6.64. The van der Waals surface area contributed by atoms with Crippen LogP contribution in [0.15, 0.2) is 16.5 Å². The van der Waals surface area contributed by atoms with Crippen molar-refractivity contribution in [2.45, 2.75) is 33.9 Å². The summed E-state index contributed by atoms with van der Waals surface area (Å²) in [4.78, 5) is 0. The summed E-state index contributed by atoms with van der Waals surface area (Å²) in [5, 5.41) is 3.22. The van der Waals surface area contributed by atoms with Gasteiger partial charge < -0.3 is 14.5 Å². The van der Waals surface area contributed by atoms with E-state index in [-0.39, 0.29) is 0 Å². The van der Waals surface area contributed by atoms with Crippen LogP contribution in [-0.2, 0) is 17.9 Å². The van der Waals surface area contributed by atoms with Crippen molar-refractivity contribution in [2.75, 3.05) is 13.2 Å². The fourth-order valence-corrected chi connectivity index (χ4v) is 1.24. The Morgan fingerprint density at radius 1 is 1.33 bits per heavy atom. The average molecular weight is 211 g/mol. The molecule has 0 aliphatic carbocycles. The number of hydrogen-bond acceptors (Lipinski definition) is 3. The van der Waals surface area contributed by atoms with Crippen LogP contribution < -0.4 is 5.32 Å². The Kier molecular flexibility index (Phi) is 5.43. The van der Waals surface area contributed by atoms with Crippen molar-refractivity contribution in [3.63, 3.8) is 0 Å². The molecule has 0 saturated carbocycles. The first kappa shape index (κ1) is 12.3. The van der Waals surface area contributed by atoms with E-state index in [1.165, 1.54) is 0 Å². The van der Waals surface area contributed by atoms with E-state index in [9.17, 15) is 0 Å². The Morgan fingerprint density at radius 2 is 2.07 bits per heavy atom. The molecule has 3 nitrogen and oxygen atoms in total. The first-order chi connectivity index (χ1) is 7.22. The van der Waals surface area contributed by atoms with Crippen molar-refractivity contribution >= 4 is 0 Å². The molecule has 0 atom stereocenters. The van der Waals surface area contributed by atoms with Gasteiger partial charge in [-0.3, -0.25) is 0 Å². The van der Waals surface area contributed by atoms with Gasteiger partial charge in [0.1, 0.15) is 18.1 Å². The molecule has 0 aliphatic heterocycles. The highest BCUT2D eigenvalue weighted by Gasteiger charge is 2.02. The normalized spacial score (nSPS) is 11.2. The molecule has 0 aliphatic rings. The van der Waals surface area contributed by atoms with Crippen molar-refractivity contribution in [3.05, 3.63) is 23.7 Å². The van der Waals surface area contributed by atoms with E-state index in [0.29, 0.717) is 12.5 Å². The third kappa shape index (κ3) is 5.00. The highest BCUT2D eigenvalue weighted by Crippen LogP contribution is 2.09. The van der Waals surface area contributed by atoms with Crippen LogP contribution in [0.1, 0.15) is 32.3 Å². The van der Waals surface area contributed by atoms with Gasteiger partial charge in [0.05, 0.1) is 6.54 Å². The van der Waals surface area contributed by atoms with Crippen LogP contribution in [0.2, 0.25) is 0 Å². The summed E-state index contributed by atoms with van der Waals surface area (Å²) in [5.74, 6) is 2.45. The van der Waals surface area contributed by atoms with Gasteiger partial charge in [-0.15, -0.1) is 0 Å². The molecule has 1 aromatic rings. The fourth-order valence-electron chi connectivity index (χ4n) is 1.24. The van der Waals surface area contributed by atoms with Gasteiger partial charge >= 0.3 is 0 Å². The molecular formula is C12H21NO2. The molecule has 0 bridgehead atoms. The molecule has 3 heteroatoms. The minimum Gasteiger partial charge on any atom is -0.462 e. The molecule has 1 aromatic heterocycles. The smallest absolute Gasteiger partial charge is 0.129 e. The number of ether oxygens (including phenoxy) is 1. The molecule has 1 heterocycles. The zero-order chi connectivity index (χ0) is 11.1. The topological polar surface area (TPSA) is 34.4 Å². The summed E-state index contributed by atoms with van der Waals surface area (Å²) >= 11 is 0. The molecule has 0 radical (unpaired) electrons. The second-order valence-corrected chi connectivity index (χ2v) is 4.06. The van der Waals surface area contributed by atoms with Gasteiger partial charge in [0, 0.05) is 6.61 Å². The summed E-state index contributed by atoms with van der Waals surface area (Å²) in [6.45, 7) is 9.46. The van der Waals surface area contributed by atoms with Crippen LogP contribution >= 0.6 is 0 Å². The van der Waals surface area contributed by atoms with Crippen LogP contribution in [0.5, 0.6) is 0 Å². The Morgan fingerprint density at radius 3 is 2.73 bits per heavy atom. The van der Waals surface area contributed by atoms with E-state index in [4.69, 9.17) is 9.15 Å². The number of hydrogen-bond donors (Lipinski definition) is 1. The molecule has 0 aromatic carbocycles. The first-order valence-corrected chi connectivity index (χ1v) is 5.58. The van der Waals surface area contributed by atoms with E-state index < -0.39 is 0 Å². The Labute approximate surface area is 91.8 Å². The van der Waals surface area contributed by atoms with E-state index in [2.05, 4.69) is 26.1 Å². The summed E-state index contributed by atoms with van der Waals surface area (Å²) in [6.07, 6.45) is 0. The van der Waals surface area contributed by atoms with E-state index in [1.807, 2.05) is 12.1 Å². The van der Waals surface area contributed by atoms with E-state index in [0.717, 1.165) is 31.2 Å². The maximum atomic E-state index is 5.58. The van der Waals surface area contributed by atoms with Crippen LogP contribution in [0, 0.1) is 5.92 Å². The van der Waals surface area contributed by atoms with Crippen LogP contribution in [0.25, 0.3) is 0 Å². The predicted octanol–water partition coefficient (Wildman–Crippen LogP) is 2.56. The van der Waals surface area contributed by atoms with Crippen LogP contribution in [-0.4, -0.2) is 13.2 Å². The first-order valence-electron chi connectivity index (χ1n) is 5.58. The third-order valence-electron chi connectivity index (χ3n) is 1.96. The molecular weight excluding hydrogens is 190 g/mol. The molecule has 0 unspecified atom stereocenters. The maximum absolute atomic E-state index is 5.58. The molecule has 86 valence electrons. The molecule has 15 heavy (non-hydrogen) atoms. The lowest BCUT2D eigenvalue weighted by Gasteiger charge is -2.04. The number of furan rings is 1. The molecule has 0 amide bonds. The maximum Gasteiger partial charge on any atom is 0.129 e. The lowest BCUT2D eigenvalue weighted by molar-refractivity contribution is 0.0837. The molecule has 0 fully saturated rings. The van der Waals surface area contributed by atoms with Crippen molar-refractivity contribution < 1.29 is 9.15 Å². The zero-order valence-electron chi connectivity index (χ0n) is 9.88. The Balaban J connectivity index is 2.26. The SMILES string of the molecule is CCNCc1ccc(COCC(C)C)o1. The molecule has 0 spiro atoms. The van der Waals surface area contributed by atoms with Gasteiger partial charge in [0.25, 0.3) is 0 Å². The quantitative estimate of drug-likeness (QED) is 0.752. The summed E-state index contributed by atoms with van der Waals surface area (Å²) in [6, 6.07) is 3.98. The summed E-state index contributed by atoms with van der Waals surface area (Å²) < 4.78 is 11.1. The number of rotatable bonds is 7. The Hall–Kier alpha value is -0.800. The lowest BCUT2D eigenvalue weighted by atomic mass is 10.2. The largest absolute Gasteiger partial charge is 0.462 e. The highest BCUT2D eigenvalue weighted by molar-refractivity contribution is 5.06. The van der Waals surface area contributed by atoms with Gasteiger partial charge in [-0.1, -0.05) is 20.8 Å². The molecule has 0 saturated heterocycles. The predicted molar refractivity (Wildman–Crippen MR) is 60.6 cm³/mol. The van der Waals surface area contributed by atoms with Crippen molar-refractivity contribution in [1.29, 1.82) is 0 Å². The van der Waals surface area contributed by atoms with Crippen LogP contribution in [0.3, 0.4) is 0 Å². The molecule has 1 N–H and O–H groups in total. The zero-order valence-corrected chi connectivity index (χ0v) is 9.88. The van der Waals surface area contributed by atoms with Gasteiger partial charge in [0.2, 0.25) is 0 Å². The van der Waals surface area contributed by atoms with E-state index >= 15 is 0 Å². The lowest BCUT2D eigenvalue weighted by Crippen LogP contribution is -2.10. The van der Waals surface area contributed by atoms with Gasteiger partial charge in [0.15, 0.2) is 0 Å². The van der Waals surface area contributed by atoms with Crippen molar-refractivity contribution in [2.24, 2.45) is 5.92 Å². The number of nitrogens with one attached hydrogen (secondary N) is 1. The average Bonchev–Trinajstić information content (AvgIpc) is 2.62. The van der Waals surface area contributed by atoms with Gasteiger partial charge in [-0.2, -0.15) is 0 Å². The Bertz CT molecular complexity index is 268. The second-order valence-electron chi connectivity index (χ2n) is 4.06. The fraction of sp³-hybridized carbons (Fsp3) is 0.667. The van der Waals surface area contributed by atoms with Gasteiger partial charge in [-0.25, -0.2) is 0 Å². The molecule has 1 rings (SSSR count). The highest BCUT2D eigenvalue weighted by atomic mass is 16.5. The monoisotopic (exact) mass is 211 g/mol. The minimum atomic E-state index is 0.571. The summed E-state index contributed by atoms with van der Waals surface area (Å²) in [5.41, 5.74) is 0. The third-order valence-corrected chi connectivity index (χ3v) is 1.96. The van der Waals surface area contributed by atoms with Crippen molar-refractivity contribution in [1.82, 2.24) is 5.32 Å². The van der Waals surface area contributed by atoms with Crippen LogP contribution in [0.4, 0.5) is 0 Å². The van der Waals surface area contributed by atoms with Crippen molar-refractivity contribution in [3.8, 4) is 0 Å².